The minimum atomic E-state index is -0.0527. The van der Waals surface area contributed by atoms with Gasteiger partial charge in [0.1, 0.15) is 0 Å². The maximum Gasteiger partial charge on any atom is 0.322 e. The number of carbonyl (C=O) groups is 2. The van der Waals surface area contributed by atoms with Gasteiger partial charge in [0.2, 0.25) is 5.91 Å². The van der Waals surface area contributed by atoms with Crippen LogP contribution in [0.4, 0.5) is 16.2 Å². The number of benzene rings is 1. The average molecular weight is 367 g/mol. The lowest BCUT2D eigenvalue weighted by atomic mass is 9.65. The molecule has 4 rings (SSSR count). The second kappa shape index (κ2) is 7.02. The standard InChI is InChI=1S/C22H29N3O2/c1-16(2)20-22(12-6-7-13-22)15-25(20)21(27)23-17-9-3-4-10-18(17)24-14-8-5-11-19(24)26/h3-4,6-7,9-10,16,20H,5,8,11-15H2,1-2H3,(H,23,27)/t20-/m0/s1. The van der Waals surface area contributed by atoms with E-state index in [1.54, 1.807) is 0 Å². The summed E-state index contributed by atoms with van der Waals surface area (Å²) < 4.78 is 0. The third kappa shape index (κ3) is 3.13. The van der Waals surface area contributed by atoms with Gasteiger partial charge in [-0.05, 0) is 43.7 Å². The lowest BCUT2D eigenvalue weighted by Crippen LogP contribution is -2.68. The number of amides is 3. The van der Waals surface area contributed by atoms with Gasteiger partial charge in [-0.25, -0.2) is 4.79 Å². The van der Waals surface area contributed by atoms with Gasteiger partial charge < -0.3 is 15.1 Å². The Morgan fingerprint density at radius 2 is 1.93 bits per heavy atom. The van der Waals surface area contributed by atoms with Gasteiger partial charge in [-0.15, -0.1) is 0 Å². The minimum Gasteiger partial charge on any atom is -0.320 e. The fourth-order valence-electron chi connectivity index (χ4n) is 5.17. The molecule has 1 aliphatic carbocycles. The maximum absolute atomic E-state index is 13.1. The number of para-hydroxylation sites is 2. The minimum absolute atomic E-state index is 0.0527. The van der Waals surface area contributed by atoms with Crippen LogP contribution in [0.25, 0.3) is 0 Å². The number of piperidine rings is 1. The van der Waals surface area contributed by atoms with Gasteiger partial charge in [0, 0.05) is 31.0 Å². The number of likely N-dealkylation sites (tertiary alicyclic amines) is 1. The molecule has 5 heteroatoms. The molecule has 0 bridgehead atoms. The number of allylic oxidation sites excluding steroid dienone is 2. The van der Waals surface area contributed by atoms with Crippen LogP contribution in [-0.4, -0.2) is 36.0 Å². The molecular formula is C22H29N3O2. The molecule has 0 aromatic heterocycles. The molecule has 0 radical (unpaired) electrons. The molecule has 2 aliphatic heterocycles. The Balaban J connectivity index is 1.51. The summed E-state index contributed by atoms with van der Waals surface area (Å²) in [4.78, 5) is 29.2. The Hall–Kier alpha value is -2.30. The molecule has 1 atom stereocenters. The van der Waals surface area contributed by atoms with Crippen molar-refractivity contribution in [1.29, 1.82) is 0 Å². The zero-order valence-corrected chi connectivity index (χ0v) is 16.3. The highest BCUT2D eigenvalue weighted by Gasteiger charge is 2.55. The van der Waals surface area contributed by atoms with Crippen molar-refractivity contribution >= 4 is 23.3 Å². The third-order valence-electron chi connectivity index (χ3n) is 6.32. The normalized spacial score (nSPS) is 23.8. The molecule has 2 saturated heterocycles. The predicted octanol–water partition coefficient (Wildman–Crippen LogP) is 4.41. The van der Waals surface area contributed by atoms with Crippen molar-refractivity contribution in [3.8, 4) is 0 Å². The van der Waals surface area contributed by atoms with Crippen molar-refractivity contribution in [1.82, 2.24) is 4.90 Å². The van der Waals surface area contributed by atoms with Crippen LogP contribution in [0.3, 0.4) is 0 Å². The summed E-state index contributed by atoms with van der Waals surface area (Å²) in [6, 6.07) is 7.86. The molecule has 2 fully saturated rings. The molecule has 5 nitrogen and oxygen atoms in total. The summed E-state index contributed by atoms with van der Waals surface area (Å²) in [5.41, 5.74) is 1.77. The summed E-state index contributed by atoms with van der Waals surface area (Å²) in [7, 11) is 0. The number of hydrogen-bond donors (Lipinski definition) is 1. The first-order valence-corrected chi connectivity index (χ1v) is 10.1. The molecular weight excluding hydrogens is 338 g/mol. The highest BCUT2D eigenvalue weighted by atomic mass is 16.2. The number of rotatable bonds is 3. The van der Waals surface area contributed by atoms with Gasteiger partial charge in [0.15, 0.2) is 0 Å². The molecule has 0 unspecified atom stereocenters. The highest BCUT2D eigenvalue weighted by molar-refractivity contribution is 6.01. The van der Waals surface area contributed by atoms with Crippen molar-refractivity contribution in [3.05, 3.63) is 36.4 Å². The Morgan fingerprint density at radius 1 is 1.19 bits per heavy atom. The van der Waals surface area contributed by atoms with Crippen molar-refractivity contribution in [3.63, 3.8) is 0 Å². The highest BCUT2D eigenvalue weighted by Crippen LogP contribution is 2.50. The number of nitrogens with one attached hydrogen (secondary N) is 1. The Kier molecular flexibility index (Phi) is 4.70. The van der Waals surface area contributed by atoms with E-state index >= 15 is 0 Å². The summed E-state index contributed by atoms with van der Waals surface area (Å²) in [5.74, 6) is 0.561. The van der Waals surface area contributed by atoms with Crippen molar-refractivity contribution < 1.29 is 9.59 Å². The topological polar surface area (TPSA) is 52.7 Å². The van der Waals surface area contributed by atoms with Crippen LogP contribution >= 0.6 is 0 Å². The van der Waals surface area contributed by atoms with Crippen LogP contribution < -0.4 is 10.2 Å². The van der Waals surface area contributed by atoms with Crippen molar-refractivity contribution in [2.24, 2.45) is 11.3 Å². The lowest BCUT2D eigenvalue weighted by Gasteiger charge is -2.58. The van der Waals surface area contributed by atoms with E-state index in [9.17, 15) is 9.59 Å². The SMILES string of the molecule is CC(C)[C@@H]1N(C(=O)Nc2ccccc2N2CCCCC2=O)CC12CC=CC2. The molecule has 0 saturated carbocycles. The smallest absolute Gasteiger partial charge is 0.320 e. The van der Waals surface area contributed by atoms with E-state index in [1.165, 1.54) is 0 Å². The van der Waals surface area contributed by atoms with E-state index in [0.717, 1.165) is 50.1 Å². The molecule has 1 aromatic carbocycles. The Morgan fingerprint density at radius 3 is 2.63 bits per heavy atom. The first kappa shape index (κ1) is 18.1. The fraction of sp³-hybridized carbons (Fsp3) is 0.545. The van der Waals surface area contributed by atoms with Crippen LogP contribution in [0.5, 0.6) is 0 Å². The number of carbonyl (C=O) groups excluding carboxylic acids is 2. The third-order valence-corrected chi connectivity index (χ3v) is 6.32. The predicted molar refractivity (Wildman–Crippen MR) is 108 cm³/mol. The molecule has 1 spiro atoms. The lowest BCUT2D eigenvalue weighted by molar-refractivity contribution is -0.119. The summed E-state index contributed by atoms with van der Waals surface area (Å²) in [5, 5.41) is 3.09. The number of urea groups is 1. The molecule has 1 N–H and O–H groups in total. The number of nitrogens with zero attached hydrogens (tertiary/aromatic N) is 2. The first-order valence-electron chi connectivity index (χ1n) is 10.1. The zero-order valence-electron chi connectivity index (χ0n) is 16.3. The van der Waals surface area contributed by atoms with E-state index in [1.807, 2.05) is 34.1 Å². The van der Waals surface area contributed by atoms with Crippen molar-refractivity contribution in [2.75, 3.05) is 23.3 Å². The molecule has 3 amide bonds. The molecule has 2 heterocycles. The van der Waals surface area contributed by atoms with Gasteiger partial charge in [0.05, 0.1) is 11.4 Å². The number of anilines is 2. The van der Waals surface area contributed by atoms with Crippen LogP contribution in [0, 0.1) is 11.3 Å². The fourth-order valence-corrected chi connectivity index (χ4v) is 5.17. The van der Waals surface area contributed by atoms with Crippen LogP contribution in [0.2, 0.25) is 0 Å². The largest absolute Gasteiger partial charge is 0.322 e. The van der Waals surface area contributed by atoms with Crippen LogP contribution in [0.15, 0.2) is 36.4 Å². The van der Waals surface area contributed by atoms with E-state index < -0.39 is 0 Å². The van der Waals surface area contributed by atoms with E-state index in [4.69, 9.17) is 0 Å². The first-order chi connectivity index (χ1) is 13.0. The monoisotopic (exact) mass is 367 g/mol. The molecule has 27 heavy (non-hydrogen) atoms. The Bertz CT molecular complexity index is 763. The van der Waals surface area contributed by atoms with Gasteiger partial charge >= 0.3 is 6.03 Å². The second-order valence-corrected chi connectivity index (χ2v) is 8.51. The van der Waals surface area contributed by atoms with Gasteiger partial charge in [0.25, 0.3) is 0 Å². The maximum atomic E-state index is 13.1. The van der Waals surface area contributed by atoms with Crippen LogP contribution in [0.1, 0.15) is 46.0 Å². The average Bonchev–Trinajstić information content (AvgIpc) is 3.12. The summed E-state index contributed by atoms with van der Waals surface area (Å²) in [6.45, 7) is 5.92. The molecule has 3 aliphatic rings. The van der Waals surface area contributed by atoms with Crippen LogP contribution in [-0.2, 0) is 4.79 Å². The van der Waals surface area contributed by atoms with E-state index in [2.05, 4.69) is 31.3 Å². The van der Waals surface area contributed by atoms with Gasteiger partial charge in [-0.1, -0.05) is 38.1 Å². The quantitative estimate of drug-likeness (QED) is 0.805. The molecule has 144 valence electrons. The molecule has 1 aromatic rings. The van der Waals surface area contributed by atoms with Gasteiger partial charge in [-0.3, -0.25) is 4.79 Å². The zero-order chi connectivity index (χ0) is 19.0. The van der Waals surface area contributed by atoms with E-state index in [0.29, 0.717) is 12.3 Å². The summed E-state index contributed by atoms with van der Waals surface area (Å²) in [6.07, 6.45) is 9.18. The second-order valence-electron chi connectivity index (χ2n) is 8.51. The van der Waals surface area contributed by atoms with E-state index in [-0.39, 0.29) is 23.4 Å². The van der Waals surface area contributed by atoms with Crippen molar-refractivity contribution in [2.45, 2.75) is 52.0 Å². The number of hydrogen-bond acceptors (Lipinski definition) is 2. The Labute approximate surface area is 161 Å². The summed E-state index contributed by atoms with van der Waals surface area (Å²) >= 11 is 0. The van der Waals surface area contributed by atoms with Gasteiger partial charge in [-0.2, -0.15) is 0 Å².